The fourth-order valence-electron chi connectivity index (χ4n) is 2.59. The Hall–Kier alpha value is -2.20. The molecule has 1 saturated heterocycles. The molecule has 0 bridgehead atoms. The second-order valence-electron chi connectivity index (χ2n) is 7.02. The van der Waals surface area contributed by atoms with Crippen LogP contribution in [0.25, 0.3) is 11.6 Å². The van der Waals surface area contributed by atoms with Crippen molar-refractivity contribution in [1.29, 1.82) is 0 Å². The zero-order chi connectivity index (χ0) is 18.2. The van der Waals surface area contributed by atoms with E-state index in [0.29, 0.717) is 18.8 Å². The second kappa shape index (κ2) is 6.26. The maximum atomic E-state index is 12.3. The minimum atomic E-state index is -3.67. The summed E-state index contributed by atoms with van der Waals surface area (Å²) in [5.41, 5.74) is -0.266. The molecule has 2 aromatic rings. The molecule has 1 aliphatic rings. The first-order valence-electron chi connectivity index (χ1n) is 8.01. The smallest absolute Gasteiger partial charge is 0.311 e. The summed E-state index contributed by atoms with van der Waals surface area (Å²) < 4.78 is 32.6. The third-order valence-corrected chi connectivity index (χ3v) is 5.38. The van der Waals surface area contributed by atoms with Gasteiger partial charge in [-0.15, -0.1) is 10.2 Å². The first kappa shape index (κ1) is 17.6. The summed E-state index contributed by atoms with van der Waals surface area (Å²) in [4.78, 5) is 16.7. The summed E-state index contributed by atoms with van der Waals surface area (Å²) in [6.07, 6.45) is 3.27. The van der Waals surface area contributed by atoms with E-state index in [1.807, 2.05) is 0 Å². The Bertz CT molecular complexity index is 872. The van der Waals surface area contributed by atoms with Crippen LogP contribution in [0.4, 0.5) is 0 Å². The second-order valence-corrected chi connectivity index (χ2v) is 8.70. The molecule has 0 aliphatic carbocycles. The number of amides is 1. The summed E-state index contributed by atoms with van der Waals surface area (Å²) >= 11 is 0. The Morgan fingerprint density at radius 2 is 1.96 bits per heavy atom. The van der Waals surface area contributed by atoms with Crippen molar-refractivity contribution in [2.75, 3.05) is 13.1 Å². The zero-order valence-electron chi connectivity index (χ0n) is 14.4. The van der Waals surface area contributed by atoms with Crippen molar-refractivity contribution < 1.29 is 17.6 Å². The van der Waals surface area contributed by atoms with Gasteiger partial charge in [0, 0.05) is 24.8 Å². The molecule has 1 aliphatic heterocycles. The van der Waals surface area contributed by atoms with Gasteiger partial charge in [0.1, 0.15) is 10.6 Å². The van der Waals surface area contributed by atoms with Crippen LogP contribution in [0.1, 0.15) is 44.3 Å². The lowest BCUT2D eigenvalue weighted by Crippen LogP contribution is -2.40. The Balaban J connectivity index is 1.80. The molecule has 1 fully saturated rings. The van der Waals surface area contributed by atoms with Gasteiger partial charge in [0.2, 0.25) is 10.0 Å². The molecule has 0 unspecified atom stereocenters. The largest absolute Gasteiger partial charge is 0.411 e. The number of hydrogen-bond donors (Lipinski definition) is 2. The minimum Gasteiger partial charge on any atom is -0.411 e. The number of carbonyl (C=O) groups excluding carboxylic acids is 1. The number of nitrogens with one attached hydrogen (secondary N) is 2. The van der Waals surface area contributed by atoms with Crippen molar-refractivity contribution in [3.63, 3.8) is 0 Å². The summed E-state index contributed by atoms with van der Waals surface area (Å²) in [5.74, 6) is -0.325. The van der Waals surface area contributed by atoms with Gasteiger partial charge < -0.3 is 14.3 Å². The summed E-state index contributed by atoms with van der Waals surface area (Å²) in [7, 11) is -3.67. The molecule has 2 aromatic heterocycles. The van der Waals surface area contributed by atoms with Gasteiger partial charge in [0.15, 0.2) is 0 Å². The van der Waals surface area contributed by atoms with Gasteiger partial charge in [-0.2, -0.15) is 0 Å². The third-order valence-electron chi connectivity index (χ3n) is 3.64. The SMILES string of the molecule is CC(C)(C)NS(=O)(=O)c1c[nH]c(-c2nnc(C(=O)N3CCCC3)o2)c1. The number of H-pyrrole nitrogens is 1. The number of nitrogens with zero attached hydrogens (tertiary/aromatic N) is 3. The standard InChI is InChI=1S/C15H21N5O4S/c1-15(2,3)19-25(22,23)10-8-11(16-9-10)12-17-18-13(24-12)14(21)20-6-4-5-7-20/h8-9,16,19H,4-7H2,1-3H3. The molecule has 0 atom stereocenters. The van der Waals surface area contributed by atoms with Crippen molar-refractivity contribution in [1.82, 2.24) is 24.8 Å². The van der Waals surface area contributed by atoms with E-state index in [2.05, 4.69) is 19.9 Å². The molecule has 0 radical (unpaired) electrons. The molecule has 0 saturated carbocycles. The fourth-order valence-corrected chi connectivity index (χ4v) is 4.00. The maximum absolute atomic E-state index is 12.3. The normalized spacial score (nSPS) is 15.7. The number of carbonyl (C=O) groups is 1. The molecule has 3 heterocycles. The van der Waals surface area contributed by atoms with Gasteiger partial charge in [-0.3, -0.25) is 4.79 Å². The van der Waals surface area contributed by atoms with Gasteiger partial charge >= 0.3 is 11.8 Å². The van der Waals surface area contributed by atoms with Gasteiger partial charge in [-0.25, -0.2) is 13.1 Å². The molecule has 9 nitrogen and oxygen atoms in total. The highest BCUT2D eigenvalue weighted by atomic mass is 32.2. The van der Waals surface area contributed by atoms with Gasteiger partial charge in [-0.1, -0.05) is 0 Å². The quantitative estimate of drug-likeness (QED) is 0.842. The molecule has 0 aromatic carbocycles. The molecule has 2 N–H and O–H groups in total. The zero-order valence-corrected chi connectivity index (χ0v) is 15.2. The molecular weight excluding hydrogens is 346 g/mol. The predicted octanol–water partition coefficient (Wildman–Crippen LogP) is 1.38. The van der Waals surface area contributed by atoms with Crippen molar-refractivity contribution in [3.8, 4) is 11.6 Å². The van der Waals surface area contributed by atoms with E-state index in [1.165, 1.54) is 12.3 Å². The van der Waals surface area contributed by atoms with E-state index in [0.717, 1.165) is 12.8 Å². The van der Waals surface area contributed by atoms with Crippen LogP contribution in [-0.4, -0.2) is 53.0 Å². The molecule has 10 heteroatoms. The van der Waals surface area contributed by atoms with Crippen LogP contribution in [0.3, 0.4) is 0 Å². The van der Waals surface area contributed by atoms with Crippen molar-refractivity contribution in [3.05, 3.63) is 18.2 Å². The first-order valence-corrected chi connectivity index (χ1v) is 9.50. The van der Waals surface area contributed by atoms with E-state index in [4.69, 9.17) is 4.42 Å². The van der Waals surface area contributed by atoms with Crippen LogP contribution in [0.15, 0.2) is 21.6 Å². The highest BCUT2D eigenvalue weighted by Gasteiger charge is 2.27. The molecule has 1 amide bonds. The molecule has 0 spiro atoms. The van der Waals surface area contributed by atoms with Crippen LogP contribution in [0.2, 0.25) is 0 Å². The van der Waals surface area contributed by atoms with Crippen LogP contribution in [0.5, 0.6) is 0 Å². The van der Waals surface area contributed by atoms with Crippen LogP contribution < -0.4 is 4.72 Å². The highest BCUT2D eigenvalue weighted by molar-refractivity contribution is 7.89. The Kier molecular flexibility index (Phi) is 4.41. The lowest BCUT2D eigenvalue weighted by Gasteiger charge is -2.19. The number of aromatic nitrogens is 3. The highest BCUT2D eigenvalue weighted by Crippen LogP contribution is 2.22. The van der Waals surface area contributed by atoms with Gasteiger partial charge in [-0.05, 0) is 39.7 Å². The predicted molar refractivity (Wildman–Crippen MR) is 89.3 cm³/mol. The molecule has 3 rings (SSSR count). The summed E-state index contributed by atoms with van der Waals surface area (Å²) in [5, 5.41) is 7.61. The van der Waals surface area contributed by atoms with Crippen molar-refractivity contribution in [2.24, 2.45) is 0 Å². The molecule has 25 heavy (non-hydrogen) atoms. The average Bonchev–Trinajstić information content (AvgIpc) is 3.24. The Morgan fingerprint density at radius 3 is 2.60 bits per heavy atom. The number of likely N-dealkylation sites (tertiary alicyclic amines) is 1. The fraction of sp³-hybridized carbons (Fsp3) is 0.533. The Morgan fingerprint density at radius 1 is 1.28 bits per heavy atom. The lowest BCUT2D eigenvalue weighted by atomic mass is 10.1. The van der Waals surface area contributed by atoms with Crippen LogP contribution in [0, 0.1) is 0 Å². The van der Waals surface area contributed by atoms with Crippen molar-refractivity contribution in [2.45, 2.75) is 44.0 Å². The van der Waals surface area contributed by atoms with E-state index >= 15 is 0 Å². The summed E-state index contributed by atoms with van der Waals surface area (Å²) in [6, 6.07) is 1.39. The van der Waals surface area contributed by atoms with E-state index in [9.17, 15) is 13.2 Å². The maximum Gasteiger partial charge on any atom is 0.311 e. The first-order chi connectivity index (χ1) is 11.7. The van der Waals surface area contributed by atoms with Crippen LogP contribution in [-0.2, 0) is 10.0 Å². The minimum absolute atomic E-state index is 0.0584. The number of aromatic amines is 1. The number of sulfonamides is 1. The van der Waals surface area contributed by atoms with E-state index in [1.54, 1.807) is 25.7 Å². The molecular formula is C15H21N5O4S. The summed E-state index contributed by atoms with van der Waals surface area (Å²) in [6.45, 7) is 6.63. The van der Waals surface area contributed by atoms with E-state index < -0.39 is 15.6 Å². The Labute approximate surface area is 145 Å². The topological polar surface area (TPSA) is 121 Å². The third kappa shape index (κ3) is 3.90. The number of rotatable bonds is 4. The van der Waals surface area contributed by atoms with Gasteiger partial charge in [0.25, 0.3) is 5.89 Å². The van der Waals surface area contributed by atoms with Crippen LogP contribution >= 0.6 is 0 Å². The molecule has 136 valence electrons. The van der Waals surface area contributed by atoms with Gasteiger partial charge in [0.05, 0.1) is 0 Å². The number of hydrogen-bond acceptors (Lipinski definition) is 6. The van der Waals surface area contributed by atoms with Crippen molar-refractivity contribution >= 4 is 15.9 Å². The lowest BCUT2D eigenvalue weighted by molar-refractivity contribution is 0.0754. The average molecular weight is 367 g/mol. The monoisotopic (exact) mass is 367 g/mol. The van der Waals surface area contributed by atoms with E-state index in [-0.39, 0.29) is 22.6 Å².